The Morgan fingerprint density at radius 1 is 1.23 bits per heavy atom. The van der Waals surface area contributed by atoms with Crippen LogP contribution in [0.4, 0.5) is 0 Å². The lowest BCUT2D eigenvalue weighted by atomic mass is 10.1. The summed E-state index contributed by atoms with van der Waals surface area (Å²) in [4.78, 5) is 10.8. The molecule has 1 heterocycles. The van der Waals surface area contributed by atoms with Gasteiger partial charge >= 0.3 is 5.97 Å². The number of benzene rings is 1. The van der Waals surface area contributed by atoms with Crippen molar-refractivity contribution < 1.29 is 18.3 Å². The van der Waals surface area contributed by atoms with E-state index in [9.17, 15) is 13.2 Å². The highest BCUT2D eigenvalue weighted by Crippen LogP contribution is 2.08. The summed E-state index contributed by atoms with van der Waals surface area (Å²) in [5.74, 6) is -1.39. The van der Waals surface area contributed by atoms with Crippen LogP contribution >= 0.6 is 0 Å². The minimum atomic E-state index is -3.61. The summed E-state index contributed by atoms with van der Waals surface area (Å²) in [6.45, 7) is 0.456. The lowest BCUT2D eigenvalue weighted by Gasteiger charge is -2.02. The zero-order chi connectivity index (χ0) is 16.2. The summed E-state index contributed by atoms with van der Waals surface area (Å²) in [7, 11) is -3.61. The van der Waals surface area contributed by atoms with Gasteiger partial charge in [-0.2, -0.15) is 0 Å². The average Bonchev–Trinajstić information content (AvgIpc) is 2.99. The van der Waals surface area contributed by atoms with Crippen LogP contribution in [-0.2, 0) is 16.6 Å². The highest BCUT2D eigenvalue weighted by atomic mass is 32.2. The standard InChI is InChI=1S/C15H16N2O4S/c16-10-13-5-3-12(4-6-13)2-1-9-22(20,21)17-8-7-14(11-17)15(18)19/h1-8,11H,9-10,16H2,(H,18,19). The van der Waals surface area contributed by atoms with Crippen LogP contribution in [0.25, 0.3) is 6.08 Å². The first-order chi connectivity index (χ1) is 10.4. The van der Waals surface area contributed by atoms with Gasteiger partial charge < -0.3 is 10.8 Å². The molecule has 3 N–H and O–H groups in total. The fraction of sp³-hybridized carbons (Fsp3) is 0.133. The second-order valence-electron chi connectivity index (χ2n) is 4.66. The van der Waals surface area contributed by atoms with Crippen LogP contribution in [0.5, 0.6) is 0 Å². The second kappa shape index (κ2) is 6.59. The molecule has 0 saturated heterocycles. The van der Waals surface area contributed by atoms with Gasteiger partial charge in [0.1, 0.15) is 0 Å². The Balaban J connectivity index is 2.07. The summed E-state index contributed by atoms with van der Waals surface area (Å²) in [5, 5.41) is 8.80. The molecule has 1 aromatic heterocycles. The van der Waals surface area contributed by atoms with E-state index in [0.717, 1.165) is 21.3 Å². The molecule has 2 aromatic rings. The molecule has 0 atom stereocenters. The topological polar surface area (TPSA) is 102 Å². The Labute approximate surface area is 128 Å². The van der Waals surface area contributed by atoms with Crippen molar-refractivity contribution in [2.45, 2.75) is 6.54 Å². The van der Waals surface area contributed by atoms with Gasteiger partial charge in [-0.1, -0.05) is 36.4 Å². The van der Waals surface area contributed by atoms with Gasteiger partial charge in [0.15, 0.2) is 0 Å². The average molecular weight is 320 g/mol. The minimum absolute atomic E-state index is 0.0649. The molecule has 6 nitrogen and oxygen atoms in total. The number of carbonyl (C=O) groups is 1. The maximum absolute atomic E-state index is 12.1. The van der Waals surface area contributed by atoms with E-state index in [0.29, 0.717) is 6.54 Å². The Bertz CT molecular complexity index is 789. The molecule has 7 heteroatoms. The molecule has 0 amide bonds. The van der Waals surface area contributed by atoms with Crippen molar-refractivity contribution in [3.8, 4) is 0 Å². The van der Waals surface area contributed by atoms with E-state index < -0.39 is 16.0 Å². The van der Waals surface area contributed by atoms with Crippen molar-refractivity contribution in [1.29, 1.82) is 0 Å². The van der Waals surface area contributed by atoms with Crippen molar-refractivity contribution in [2.75, 3.05) is 5.75 Å². The van der Waals surface area contributed by atoms with E-state index in [2.05, 4.69) is 0 Å². The van der Waals surface area contributed by atoms with Gasteiger partial charge in [0, 0.05) is 18.9 Å². The van der Waals surface area contributed by atoms with Gasteiger partial charge in [-0.15, -0.1) is 0 Å². The molecule has 0 spiro atoms. The summed E-state index contributed by atoms with van der Waals surface area (Å²) >= 11 is 0. The number of nitrogens with zero attached hydrogens (tertiary/aromatic N) is 1. The SMILES string of the molecule is NCc1ccc(C=CCS(=O)(=O)n2ccc(C(=O)O)c2)cc1. The number of aromatic nitrogens is 1. The molecule has 0 aliphatic rings. The van der Waals surface area contributed by atoms with Gasteiger partial charge in [0.05, 0.1) is 11.3 Å². The quantitative estimate of drug-likeness (QED) is 0.840. The molecule has 0 fully saturated rings. The number of carboxylic acids is 1. The molecule has 0 saturated carbocycles. The van der Waals surface area contributed by atoms with Crippen molar-refractivity contribution in [2.24, 2.45) is 5.73 Å². The monoisotopic (exact) mass is 320 g/mol. The van der Waals surface area contributed by atoms with Crippen LogP contribution in [0.15, 0.2) is 48.8 Å². The molecule has 116 valence electrons. The minimum Gasteiger partial charge on any atom is -0.478 e. The molecule has 22 heavy (non-hydrogen) atoms. The normalized spacial score (nSPS) is 11.9. The van der Waals surface area contributed by atoms with Crippen molar-refractivity contribution in [3.63, 3.8) is 0 Å². The van der Waals surface area contributed by atoms with E-state index >= 15 is 0 Å². The molecule has 1 aromatic carbocycles. The fourth-order valence-corrected chi connectivity index (χ4v) is 2.87. The third-order valence-electron chi connectivity index (χ3n) is 3.07. The van der Waals surface area contributed by atoms with Gasteiger partial charge in [0.2, 0.25) is 10.0 Å². The van der Waals surface area contributed by atoms with Gasteiger partial charge in [-0.25, -0.2) is 13.2 Å². The number of hydrogen-bond donors (Lipinski definition) is 2. The highest BCUT2D eigenvalue weighted by Gasteiger charge is 2.13. The van der Waals surface area contributed by atoms with Crippen molar-refractivity contribution in [1.82, 2.24) is 3.97 Å². The van der Waals surface area contributed by atoms with E-state index in [1.807, 2.05) is 24.3 Å². The van der Waals surface area contributed by atoms with Crippen molar-refractivity contribution in [3.05, 3.63) is 65.5 Å². The molecule has 0 aliphatic carbocycles. The third kappa shape index (κ3) is 3.84. The maximum atomic E-state index is 12.1. The smallest absolute Gasteiger partial charge is 0.337 e. The van der Waals surface area contributed by atoms with Gasteiger partial charge in [0.25, 0.3) is 0 Å². The lowest BCUT2D eigenvalue weighted by Crippen LogP contribution is -2.13. The zero-order valence-electron chi connectivity index (χ0n) is 11.7. The van der Waals surface area contributed by atoms with Crippen LogP contribution in [0.2, 0.25) is 0 Å². The number of carboxylic acid groups (broad SMARTS) is 1. The number of aromatic carboxylic acids is 1. The molecule has 2 rings (SSSR count). The van der Waals surface area contributed by atoms with Crippen LogP contribution in [0.1, 0.15) is 21.5 Å². The molecule has 0 unspecified atom stereocenters. The highest BCUT2D eigenvalue weighted by molar-refractivity contribution is 7.90. The number of hydrogen-bond acceptors (Lipinski definition) is 4. The predicted octanol–water partition coefficient (Wildman–Crippen LogP) is 1.54. The maximum Gasteiger partial charge on any atom is 0.337 e. The van der Waals surface area contributed by atoms with E-state index in [-0.39, 0.29) is 11.3 Å². The van der Waals surface area contributed by atoms with Gasteiger partial charge in [-0.05, 0) is 17.2 Å². The molecule has 0 aliphatic heterocycles. The fourth-order valence-electron chi connectivity index (χ4n) is 1.83. The van der Waals surface area contributed by atoms with E-state index in [1.165, 1.54) is 18.3 Å². The zero-order valence-corrected chi connectivity index (χ0v) is 12.5. The first-order valence-corrected chi connectivity index (χ1v) is 8.13. The lowest BCUT2D eigenvalue weighted by molar-refractivity contribution is 0.0697. The van der Waals surface area contributed by atoms with Crippen molar-refractivity contribution >= 4 is 22.1 Å². The van der Waals surface area contributed by atoms with E-state index in [4.69, 9.17) is 10.8 Å². The summed E-state index contributed by atoms with van der Waals surface area (Å²) < 4.78 is 25.0. The predicted molar refractivity (Wildman–Crippen MR) is 83.9 cm³/mol. The summed E-state index contributed by atoms with van der Waals surface area (Å²) in [5.41, 5.74) is 7.30. The van der Waals surface area contributed by atoms with E-state index in [1.54, 1.807) is 6.08 Å². The van der Waals surface area contributed by atoms with Crippen LogP contribution < -0.4 is 5.73 Å². The third-order valence-corrected chi connectivity index (χ3v) is 4.55. The largest absolute Gasteiger partial charge is 0.478 e. The Morgan fingerprint density at radius 2 is 1.91 bits per heavy atom. The Kier molecular flexibility index (Phi) is 4.79. The summed E-state index contributed by atoms with van der Waals surface area (Å²) in [6.07, 6.45) is 5.52. The van der Waals surface area contributed by atoms with Crippen LogP contribution in [0, 0.1) is 0 Å². The van der Waals surface area contributed by atoms with Crippen LogP contribution in [-0.4, -0.2) is 29.2 Å². The first-order valence-electron chi connectivity index (χ1n) is 6.52. The summed E-state index contributed by atoms with van der Waals surface area (Å²) in [6, 6.07) is 8.70. The van der Waals surface area contributed by atoms with Gasteiger partial charge in [-0.3, -0.25) is 3.97 Å². The Hall–Kier alpha value is -2.38. The number of nitrogens with two attached hydrogens (primary N) is 1. The second-order valence-corrected chi connectivity index (χ2v) is 6.58. The first kappa shape index (κ1) is 16.0. The molecular formula is C15H16N2O4S. The van der Waals surface area contributed by atoms with Crippen LogP contribution in [0.3, 0.4) is 0 Å². The number of rotatable bonds is 6. The molecular weight excluding hydrogens is 304 g/mol. The Morgan fingerprint density at radius 3 is 2.45 bits per heavy atom. The molecule has 0 radical (unpaired) electrons. The molecule has 0 bridgehead atoms.